The van der Waals surface area contributed by atoms with Gasteiger partial charge in [-0.25, -0.2) is 0 Å². The molecule has 2 N–H and O–H groups in total. The van der Waals surface area contributed by atoms with Gasteiger partial charge < -0.3 is 20.1 Å². The predicted octanol–water partition coefficient (Wildman–Crippen LogP) is 1.11. The van der Waals surface area contributed by atoms with Gasteiger partial charge in [0.2, 0.25) is 5.91 Å². The molecule has 2 aliphatic rings. The van der Waals surface area contributed by atoms with Crippen LogP contribution in [-0.2, 0) is 11.2 Å². The first-order valence-corrected chi connectivity index (χ1v) is 7.90. The Hall–Kier alpha value is -1.59. The summed E-state index contributed by atoms with van der Waals surface area (Å²) in [7, 11) is 3.77. The van der Waals surface area contributed by atoms with Gasteiger partial charge in [0.15, 0.2) is 0 Å². The molecule has 22 heavy (non-hydrogen) atoms. The maximum absolute atomic E-state index is 12.2. The minimum absolute atomic E-state index is 0.0214. The molecule has 1 aromatic carbocycles. The molecule has 3 rings (SSSR count). The van der Waals surface area contributed by atoms with Gasteiger partial charge >= 0.3 is 0 Å². The number of hydrogen-bond donors (Lipinski definition) is 2. The summed E-state index contributed by atoms with van der Waals surface area (Å²) >= 11 is 0. The van der Waals surface area contributed by atoms with Crippen LogP contribution in [0.3, 0.4) is 0 Å². The van der Waals surface area contributed by atoms with Crippen LogP contribution in [0.2, 0.25) is 0 Å². The number of aliphatic hydroxyl groups excluding tert-OH is 1. The number of aliphatic hydroxyl groups is 1. The number of carbonyl (C=O) groups is 1. The van der Waals surface area contributed by atoms with Gasteiger partial charge in [0.05, 0.1) is 25.3 Å². The Morgan fingerprint density at radius 2 is 2.23 bits per heavy atom. The maximum atomic E-state index is 12.2. The molecule has 0 saturated heterocycles. The van der Waals surface area contributed by atoms with Gasteiger partial charge in [-0.05, 0) is 56.1 Å². The van der Waals surface area contributed by atoms with Crippen LogP contribution < -0.4 is 10.1 Å². The Morgan fingerprint density at radius 3 is 2.91 bits per heavy atom. The van der Waals surface area contributed by atoms with Crippen LogP contribution in [0.5, 0.6) is 5.75 Å². The van der Waals surface area contributed by atoms with E-state index in [2.05, 4.69) is 11.4 Å². The van der Waals surface area contributed by atoms with Crippen LogP contribution in [0.15, 0.2) is 18.2 Å². The lowest BCUT2D eigenvalue weighted by atomic mass is 9.75. The largest absolute Gasteiger partial charge is 0.493 e. The summed E-state index contributed by atoms with van der Waals surface area (Å²) in [5, 5.41) is 12.8. The number of carbonyl (C=O) groups excluding carboxylic acids is 1. The monoisotopic (exact) mass is 304 g/mol. The number of nitrogens with one attached hydrogen (secondary N) is 1. The average Bonchev–Trinajstić information content (AvgIpc) is 2.88. The van der Waals surface area contributed by atoms with E-state index in [-0.39, 0.29) is 18.1 Å². The van der Waals surface area contributed by atoms with Crippen molar-refractivity contribution in [1.82, 2.24) is 10.2 Å². The Kier molecular flexibility index (Phi) is 4.36. The Morgan fingerprint density at radius 1 is 1.45 bits per heavy atom. The van der Waals surface area contributed by atoms with Crippen molar-refractivity contribution < 1.29 is 14.6 Å². The molecular weight excluding hydrogens is 280 g/mol. The molecule has 120 valence electrons. The summed E-state index contributed by atoms with van der Waals surface area (Å²) in [6.07, 6.45) is 2.20. The summed E-state index contributed by atoms with van der Waals surface area (Å²) in [6, 6.07) is 6.16. The summed E-state index contributed by atoms with van der Waals surface area (Å²) in [4.78, 5) is 14.0. The van der Waals surface area contributed by atoms with Gasteiger partial charge in [-0.15, -0.1) is 0 Å². The summed E-state index contributed by atoms with van der Waals surface area (Å²) in [6.45, 7) is 1.11. The highest BCUT2D eigenvalue weighted by molar-refractivity contribution is 5.78. The van der Waals surface area contributed by atoms with Crippen LogP contribution in [0.4, 0.5) is 0 Å². The van der Waals surface area contributed by atoms with Crippen LogP contribution in [0.25, 0.3) is 0 Å². The minimum atomic E-state index is -0.226. The van der Waals surface area contributed by atoms with Gasteiger partial charge in [0, 0.05) is 6.42 Å². The summed E-state index contributed by atoms with van der Waals surface area (Å²) < 4.78 is 5.55. The van der Waals surface area contributed by atoms with E-state index in [0.717, 1.165) is 37.2 Å². The number of likely N-dealkylation sites (N-methyl/N-ethyl adjacent to an activating group) is 1. The van der Waals surface area contributed by atoms with Crippen molar-refractivity contribution in [2.45, 2.75) is 31.4 Å². The fourth-order valence-electron chi connectivity index (χ4n) is 3.28. The molecule has 1 aliphatic carbocycles. The maximum Gasteiger partial charge on any atom is 0.234 e. The highest BCUT2D eigenvalue weighted by atomic mass is 16.5. The second kappa shape index (κ2) is 6.26. The van der Waals surface area contributed by atoms with Crippen LogP contribution in [0, 0.1) is 5.92 Å². The van der Waals surface area contributed by atoms with Crippen LogP contribution in [0.1, 0.15) is 30.0 Å². The second-order valence-corrected chi connectivity index (χ2v) is 6.63. The van der Waals surface area contributed by atoms with E-state index >= 15 is 0 Å². The van der Waals surface area contributed by atoms with E-state index < -0.39 is 0 Å². The van der Waals surface area contributed by atoms with E-state index in [1.165, 1.54) is 5.56 Å². The zero-order valence-corrected chi connectivity index (χ0v) is 13.2. The van der Waals surface area contributed by atoms with Gasteiger partial charge in [-0.3, -0.25) is 4.79 Å². The van der Waals surface area contributed by atoms with E-state index in [0.29, 0.717) is 12.5 Å². The number of ether oxygens (including phenoxy) is 1. The Bertz CT molecular complexity index is 553. The first-order valence-electron chi connectivity index (χ1n) is 7.90. The third kappa shape index (κ3) is 3.25. The molecule has 1 fully saturated rings. The summed E-state index contributed by atoms with van der Waals surface area (Å²) in [5.41, 5.74) is 2.33. The highest BCUT2D eigenvalue weighted by Gasteiger charge is 2.36. The van der Waals surface area contributed by atoms with Crippen LogP contribution in [-0.4, -0.2) is 49.3 Å². The number of rotatable bonds is 5. The molecule has 0 spiro atoms. The van der Waals surface area contributed by atoms with Crippen molar-refractivity contribution in [3.63, 3.8) is 0 Å². The van der Waals surface area contributed by atoms with Gasteiger partial charge in [-0.2, -0.15) is 0 Å². The van der Waals surface area contributed by atoms with Crippen molar-refractivity contribution >= 4 is 5.91 Å². The fourth-order valence-corrected chi connectivity index (χ4v) is 3.28. The van der Waals surface area contributed by atoms with Gasteiger partial charge in [-0.1, -0.05) is 6.07 Å². The normalized spacial score (nSPS) is 24.4. The van der Waals surface area contributed by atoms with Crippen molar-refractivity contribution in [2.24, 2.45) is 5.92 Å². The average molecular weight is 304 g/mol. The third-order valence-electron chi connectivity index (χ3n) is 4.47. The van der Waals surface area contributed by atoms with Crippen molar-refractivity contribution in [3.8, 4) is 5.75 Å². The number of benzene rings is 1. The molecule has 5 heteroatoms. The number of amides is 1. The van der Waals surface area contributed by atoms with Crippen LogP contribution >= 0.6 is 0 Å². The summed E-state index contributed by atoms with van der Waals surface area (Å²) in [5.74, 6) is 1.28. The Balaban J connectivity index is 1.77. The van der Waals surface area contributed by atoms with E-state index in [1.54, 1.807) is 0 Å². The first kappa shape index (κ1) is 15.3. The van der Waals surface area contributed by atoms with Crippen molar-refractivity contribution in [3.05, 3.63) is 29.3 Å². The standard InChI is InChI=1S/C17H24N2O3/c1-19(2)10-16(21)18-17(13-8-14(20)9-13)12-3-4-15-11(7-12)5-6-22-15/h3-4,7,13-14,17,20H,5-6,8-10H2,1-2H3,(H,18,21)/t13?,14?,17-/m1/s1. The molecule has 1 heterocycles. The van der Waals surface area contributed by atoms with E-state index in [1.807, 2.05) is 31.1 Å². The lowest BCUT2D eigenvalue weighted by Crippen LogP contribution is -2.43. The molecular formula is C17H24N2O3. The number of fused-ring (bicyclic) bond motifs is 1. The number of nitrogens with zero attached hydrogens (tertiary/aromatic N) is 1. The molecule has 1 atom stereocenters. The zero-order chi connectivity index (χ0) is 15.7. The minimum Gasteiger partial charge on any atom is -0.493 e. The van der Waals surface area contributed by atoms with Gasteiger partial charge in [0.1, 0.15) is 5.75 Å². The Labute approximate surface area is 131 Å². The third-order valence-corrected chi connectivity index (χ3v) is 4.47. The molecule has 1 aliphatic heterocycles. The van der Waals surface area contributed by atoms with Gasteiger partial charge in [0.25, 0.3) is 0 Å². The highest BCUT2D eigenvalue weighted by Crippen LogP contribution is 2.39. The topological polar surface area (TPSA) is 61.8 Å². The second-order valence-electron chi connectivity index (χ2n) is 6.63. The molecule has 0 radical (unpaired) electrons. The molecule has 0 bridgehead atoms. The van der Waals surface area contributed by atoms with E-state index in [9.17, 15) is 9.90 Å². The molecule has 0 unspecified atom stereocenters. The molecule has 0 aromatic heterocycles. The molecule has 5 nitrogen and oxygen atoms in total. The predicted molar refractivity (Wildman–Crippen MR) is 83.8 cm³/mol. The zero-order valence-electron chi connectivity index (χ0n) is 13.2. The molecule has 1 saturated carbocycles. The molecule has 1 aromatic rings. The molecule has 1 amide bonds. The van der Waals surface area contributed by atoms with E-state index in [4.69, 9.17) is 4.74 Å². The SMILES string of the molecule is CN(C)CC(=O)N[C@H](c1ccc2c(c1)CCO2)C1CC(O)C1. The lowest BCUT2D eigenvalue weighted by molar-refractivity contribution is -0.123. The first-order chi connectivity index (χ1) is 10.5. The van der Waals surface area contributed by atoms with Crippen molar-refractivity contribution in [2.75, 3.05) is 27.2 Å². The smallest absolute Gasteiger partial charge is 0.234 e. The van der Waals surface area contributed by atoms with Crippen molar-refractivity contribution in [1.29, 1.82) is 0 Å². The fraction of sp³-hybridized carbons (Fsp3) is 0.588. The quantitative estimate of drug-likeness (QED) is 0.855. The lowest BCUT2D eigenvalue weighted by Gasteiger charge is -2.38. The number of hydrogen-bond acceptors (Lipinski definition) is 4.